The summed E-state index contributed by atoms with van der Waals surface area (Å²) < 4.78 is 5.98. The quantitative estimate of drug-likeness (QED) is 0.419. The van der Waals surface area contributed by atoms with Crippen molar-refractivity contribution in [3.63, 3.8) is 0 Å². The molecule has 0 radical (unpaired) electrons. The summed E-state index contributed by atoms with van der Waals surface area (Å²) in [6, 6.07) is 0. The van der Waals surface area contributed by atoms with Crippen molar-refractivity contribution in [3.8, 4) is 0 Å². The second kappa shape index (κ2) is 7.04. The van der Waals surface area contributed by atoms with Crippen LogP contribution in [0.3, 0.4) is 0 Å². The van der Waals surface area contributed by atoms with E-state index >= 15 is 0 Å². The summed E-state index contributed by atoms with van der Waals surface area (Å²) >= 11 is 4.59. The van der Waals surface area contributed by atoms with Crippen molar-refractivity contribution in [1.29, 1.82) is 0 Å². The van der Waals surface area contributed by atoms with Crippen molar-refractivity contribution in [1.82, 2.24) is 0 Å². The molecule has 0 aromatic carbocycles. The Morgan fingerprint density at radius 1 is 1.00 bits per heavy atom. The molecule has 0 spiro atoms. The highest BCUT2D eigenvalue weighted by molar-refractivity contribution is 7.80. The summed E-state index contributed by atoms with van der Waals surface area (Å²) in [7, 11) is 0. The Morgan fingerprint density at radius 2 is 1.71 bits per heavy atom. The molecule has 0 atom stereocenters. The molecular weight excluding hydrogens is 228 g/mol. The Kier molecular flexibility index (Phi) is 5.68. The minimum Gasteiger partial charge on any atom is -0.381 e. The first-order valence-corrected chi connectivity index (χ1v) is 8.16. The van der Waals surface area contributed by atoms with E-state index in [0.29, 0.717) is 5.41 Å². The monoisotopic (exact) mass is 256 g/mol. The van der Waals surface area contributed by atoms with Crippen molar-refractivity contribution < 1.29 is 4.74 Å². The summed E-state index contributed by atoms with van der Waals surface area (Å²) in [5, 5.41) is 0. The van der Waals surface area contributed by atoms with Crippen LogP contribution < -0.4 is 0 Å². The maximum Gasteiger partial charge on any atom is 0.0530 e. The molecule has 0 N–H and O–H groups in total. The molecule has 2 rings (SSSR count). The first kappa shape index (κ1) is 13.7. The molecule has 0 bridgehead atoms. The lowest BCUT2D eigenvalue weighted by Gasteiger charge is -2.31. The number of ether oxygens (including phenoxy) is 1. The van der Waals surface area contributed by atoms with E-state index in [9.17, 15) is 0 Å². The zero-order chi connectivity index (χ0) is 12.0. The van der Waals surface area contributed by atoms with E-state index in [-0.39, 0.29) is 0 Å². The minimum absolute atomic E-state index is 0.402. The minimum atomic E-state index is 0.402. The number of thiol groups is 1. The third kappa shape index (κ3) is 4.17. The van der Waals surface area contributed by atoms with Gasteiger partial charge in [0.2, 0.25) is 0 Å². The highest BCUT2D eigenvalue weighted by Crippen LogP contribution is 2.36. The van der Waals surface area contributed by atoms with Gasteiger partial charge in [0.1, 0.15) is 0 Å². The number of hydrogen-bond acceptors (Lipinski definition) is 2. The largest absolute Gasteiger partial charge is 0.381 e. The van der Waals surface area contributed by atoms with Gasteiger partial charge in [-0.1, -0.05) is 44.9 Å². The van der Waals surface area contributed by atoms with Crippen LogP contribution in [0.1, 0.15) is 64.2 Å². The van der Waals surface area contributed by atoms with Crippen LogP contribution >= 0.6 is 12.6 Å². The summed E-state index contributed by atoms with van der Waals surface area (Å²) in [4.78, 5) is 0. The molecule has 0 aromatic heterocycles. The average Bonchev–Trinajstić information content (AvgIpc) is 2.53. The third-order valence-corrected chi connectivity index (χ3v) is 5.47. The molecule has 0 unspecified atom stereocenters. The van der Waals surface area contributed by atoms with Crippen LogP contribution in [0.4, 0.5) is 0 Å². The average molecular weight is 256 g/mol. The lowest BCUT2D eigenvalue weighted by Crippen LogP contribution is -2.29. The predicted molar refractivity (Wildman–Crippen MR) is 76.8 cm³/mol. The molecular formula is C15H28OS. The van der Waals surface area contributed by atoms with Gasteiger partial charge in [-0.15, -0.1) is 0 Å². The van der Waals surface area contributed by atoms with Crippen molar-refractivity contribution >= 4 is 12.6 Å². The van der Waals surface area contributed by atoms with Gasteiger partial charge in [0.25, 0.3) is 0 Å². The van der Waals surface area contributed by atoms with Gasteiger partial charge in [0.05, 0.1) is 6.61 Å². The number of rotatable bonds is 6. The molecule has 2 aliphatic rings. The van der Waals surface area contributed by atoms with E-state index in [0.717, 1.165) is 24.9 Å². The molecule has 17 heavy (non-hydrogen) atoms. The van der Waals surface area contributed by atoms with Crippen molar-refractivity contribution in [2.75, 3.05) is 19.0 Å². The molecule has 100 valence electrons. The first-order chi connectivity index (χ1) is 8.35. The summed E-state index contributed by atoms with van der Waals surface area (Å²) in [6.45, 7) is 1.95. The summed E-state index contributed by atoms with van der Waals surface area (Å²) in [5.74, 6) is 1.99. The normalized spacial score (nSPS) is 25.2. The zero-order valence-corrected chi connectivity index (χ0v) is 12.0. The molecule has 0 aliphatic heterocycles. The van der Waals surface area contributed by atoms with Crippen LogP contribution in [-0.4, -0.2) is 19.0 Å². The maximum absolute atomic E-state index is 5.98. The summed E-state index contributed by atoms with van der Waals surface area (Å²) in [5.41, 5.74) is 0.402. The lowest BCUT2D eigenvalue weighted by molar-refractivity contribution is 0.0350. The molecule has 1 nitrogen and oxygen atoms in total. The number of hydrogen-bond donors (Lipinski definition) is 1. The fourth-order valence-corrected chi connectivity index (χ4v) is 3.55. The van der Waals surface area contributed by atoms with Crippen LogP contribution in [0.5, 0.6) is 0 Å². The van der Waals surface area contributed by atoms with E-state index in [1.807, 2.05) is 0 Å². The Bertz CT molecular complexity index is 205. The predicted octanol–water partition coefficient (Wildman–Crippen LogP) is 4.46. The molecule has 2 aliphatic carbocycles. The van der Waals surface area contributed by atoms with Gasteiger partial charge < -0.3 is 4.74 Å². The van der Waals surface area contributed by atoms with E-state index < -0.39 is 0 Å². The molecule has 0 amide bonds. The highest BCUT2D eigenvalue weighted by Gasteiger charge is 2.29. The van der Waals surface area contributed by atoms with Crippen LogP contribution in [0.15, 0.2) is 0 Å². The lowest BCUT2D eigenvalue weighted by atomic mass is 9.82. The Hall–Kier alpha value is 0.310. The second-order valence-electron chi connectivity index (χ2n) is 6.21. The van der Waals surface area contributed by atoms with E-state index in [4.69, 9.17) is 4.74 Å². The third-order valence-electron chi connectivity index (χ3n) is 4.80. The fraction of sp³-hybridized carbons (Fsp3) is 1.00. The van der Waals surface area contributed by atoms with Gasteiger partial charge in [-0.2, -0.15) is 12.6 Å². The van der Waals surface area contributed by atoms with Crippen molar-refractivity contribution in [2.24, 2.45) is 11.3 Å². The topological polar surface area (TPSA) is 9.23 Å². The first-order valence-electron chi connectivity index (χ1n) is 7.53. The van der Waals surface area contributed by atoms with Gasteiger partial charge in [-0.05, 0) is 30.9 Å². The SMILES string of the molecule is SCC1(COCCC2CCC2)CCCCCC1. The van der Waals surface area contributed by atoms with Gasteiger partial charge in [-0.25, -0.2) is 0 Å². The van der Waals surface area contributed by atoms with E-state index in [1.165, 1.54) is 64.2 Å². The smallest absolute Gasteiger partial charge is 0.0530 e. The molecule has 2 fully saturated rings. The van der Waals surface area contributed by atoms with Crippen molar-refractivity contribution in [3.05, 3.63) is 0 Å². The van der Waals surface area contributed by atoms with Crippen LogP contribution in [-0.2, 0) is 4.74 Å². The zero-order valence-electron chi connectivity index (χ0n) is 11.1. The standard InChI is InChI=1S/C15H28OS/c17-13-15(9-3-1-2-4-10-15)12-16-11-8-14-6-5-7-14/h14,17H,1-13H2. The van der Waals surface area contributed by atoms with Crippen LogP contribution in [0.2, 0.25) is 0 Å². The maximum atomic E-state index is 5.98. The molecule has 0 saturated heterocycles. The van der Waals surface area contributed by atoms with Gasteiger partial charge in [-0.3, -0.25) is 0 Å². The molecule has 0 heterocycles. The Labute approximate surface area is 112 Å². The molecule has 2 heteroatoms. The van der Waals surface area contributed by atoms with E-state index in [2.05, 4.69) is 12.6 Å². The summed E-state index contributed by atoms with van der Waals surface area (Å²) in [6.07, 6.45) is 13.9. The molecule has 0 aromatic rings. The van der Waals surface area contributed by atoms with E-state index in [1.54, 1.807) is 0 Å². The highest BCUT2D eigenvalue weighted by atomic mass is 32.1. The van der Waals surface area contributed by atoms with Gasteiger partial charge in [0.15, 0.2) is 0 Å². The van der Waals surface area contributed by atoms with Crippen LogP contribution in [0, 0.1) is 11.3 Å². The van der Waals surface area contributed by atoms with Gasteiger partial charge >= 0.3 is 0 Å². The fourth-order valence-electron chi connectivity index (χ4n) is 3.15. The van der Waals surface area contributed by atoms with Crippen LogP contribution in [0.25, 0.3) is 0 Å². The molecule has 2 saturated carbocycles. The second-order valence-corrected chi connectivity index (χ2v) is 6.53. The Balaban J connectivity index is 1.65. The van der Waals surface area contributed by atoms with Gasteiger partial charge in [0, 0.05) is 12.0 Å². The Morgan fingerprint density at radius 3 is 2.24 bits per heavy atom. The van der Waals surface area contributed by atoms with Crippen molar-refractivity contribution in [2.45, 2.75) is 64.2 Å².